The van der Waals surface area contributed by atoms with E-state index in [2.05, 4.69) is 21.3 Å². The van der Waals surface area contributed by atoms with Crippen LogP contribution in [-0.2, 0) is 0 Å². The predicted octanol–water partition coefficient (Wildman–Crippen LogP) is 0.461. The molecule has 0 spiro atoms. The number of carbonyl (C=O) groups excluding carboxylic acids is 2. The Balaban J connectivity index is 2.40. The van der Waals surface area contributed by atoms with Crippen molar-refractivity contribution in [2.75, 3.05) is 0 Å². The minimum Gasteiger partial charge on any atom is -0.317 e. The zero-order valence-corrected chi connectivity index (χ0v) is 9.81. The lowest BCUT2D eigenvalue weighted by molar-refractivity contribution is 0.00139. The summed E-state index contributed by atoms with van der Waals surface area (Å²) in [5.41, 5.74) is -0.943. The Labute approximate surface area is 94.5 Å². The van der Waals surface area contributed by atoms with Crippen molar-refractivity contribution in [1.29, 1.82) is 0 Å². The first-order chi connectivity index (χ1) is 7.41. The topological polar surface area (TPSA) is 82.3 Å². The van der Waals surface area contributed by atoms with Crippen LogP contribution in [0, 0.1) is 5.41 Å². The van der Waals surface area contributed by atoms with Crippen molar-refractivity contribution in [3.63, 3.8) is 0 Å². The fourth-order valence-electron chi connectivity index (χ4n) is 2.54. The van der Waals surface area contributed by atoms with Crippen LogP contribution in [0.3, 0.4) is 0 Å². The molecule has 0 radical (unpaired) electrons. The minimum absolute atomic E-state index is 0.245. The molecule has 0 aromatic rings. The maximum Gasteiger partial charge on any atom is 0.318 e. The van der Waals surface area contributed by atoms with Crippen LogP contribution < -0.4 is 21.3 Å². The van der Waals surface area contributed by atoms with Crippen LogP contribution in [0.25, 0.3) is 0 Å². The molecule has 2 saturated heterocycles. The van der Waals surface area contributed by atoms with Crippen molar-refractivity contribution in [1.82, 2.24) is 21.3 Å². The predicted molar refractivity (Wildman–Crippen MR) is 58.5 cm³/mol. The lowest BCUT2D eigenvalue weighted by Crippen LogP contribution is -2.85. The molecule has 4 amide bonds. The van der Waals surface area contributed by atoms with Gasteiger partial charge in [0, 0.05) is 5.41 Å². The van der Waals surface area contributed by atoms with Gasteiger partial charge in [-0.3, -0.25) is 0 Å². The van der Waals surface area contributed by atoms with Gasteiger partial charge in [-0.15, -0.1) is 0 Å². The highest BCUT2D eigenvalue weighted by Gasteiger charge is 2.58. The number of urea groups is 2. The van der Waals surface area contributed by atoms with Crippen molar-refractivity contribution < 1.29 is 9.59 Å². The first-order valence-electron chi connectivity index (χ1n) is 5.58. The Hall–Kier alpha value is -1.46. The van der Waals surface area contributed by atoms with Gasteiger partial charge in [0.2, 0.25) is 0 Å². The molecule has 6 heteroatoms. The first-order valence-corrected chi connectivity index (χ1v) is 5.58. The van der Waals surface area contributed by atoms with Crippen LogP contribution in [0.4, 0.5) is 9.59 Å². The maximum absolute atomic E-state index is 11.5. The second-order valence-corrected chi connectivity index (χ2v) is 5.01. The number of amides is 4. The molecule has 16 heavy (non-hydrogen) atoms. The SMILES string of the molecule is CCCC12NC(=O)NC(NC(=O)N1)C2(C)C. The summed E-state index contributed by atoms with van der Waals surface area (Å²) in [5, 5.41) is 11.2. The van der Waals surface area contributed by atoms with E-state index in [9.17, 15) is 9.59 Å². The number of fused-ring (bicyclic) bond motifs is 2. The van der Waals surface area contributed by atoms with Gasteiger partial charge in [0.25, 0.3) is 0 Å². The molecule has 2 rings (SSSR count). The number of rotatable bonds is 2. The molecular formula is C10H18N4O2. The molecule has 2 aliphatic heterocycles. The second kappa shape index (κ2) is 3.26. The van der Waals surface area contributed by atoms with E-state index in [0.717, 1.165) is 12.8 Å². The Morgan fingerprint density at radius 3 is 2.06 bits per heavy atom. The Morgan fingerprint density at radius 1 is 1.12 bits per heavy atom. The van der Waals surface area contributed by atoms with Crippen molar-refractivity contribution >= 4 is 12.1 Å². The second-order valence-electron chi connectivity index (χ2n) is 5.01. The van der Waals surface area contributed by atoms with Gasteiger partial charge in [-0.2, -0.15) is 0 Å². The lowest BCUT2D eigenvalue weighted by atomic mass is 9.70. The van der Waals surface area contributed by atoms with Gasteiger partial charge in [-0.25, -0.2) is 9.59 Å². The van der Waals surface area contributed by atoms with Gasteiger partial charge < -0.3 is 21.3 Å². The van der Waals surface area contributed by atoms with E-state index in [1.807, 2.05) is 20.8 Å². The van der Waals surface area contributed by atoms with Crippen molar-refractivity contribution in [2.24, 2.45) is 5.41 Å². The third-order valence-corrected chi connectivity index (χ3v) is 3.65. The largest absolute Gasteiger partial charge is 0.318 e. The molecule has 2 heterocycles. The number of carbonyl (C=O) groups is 2. The van der Waals surface area contributed by atoms with Crippen LogP contribution in [0.1, 0.15) is 33.6 Å². The highest BCUT2D eigenvalue weighted by molar-refractivity contribution is 5.83. The Kier molecular flexibility index (Phi) is 2.25. The van der Waals surface area contributed by atoms with Gasteiger partial charge in [0.1, 0.15) is 11.8 Å². The average Bonchev–Trinajstić information content (AvgIpc) is 2.11. The summed E-state index contributed by atoms with van der Waals surface area (Å²) in [7, 11) is 0. The molecule has 0 saturated carbocycles. The zero-order valence-electron chi connectivity index (χ0n) is 9.81. The van der Waals surface area contributed by atoms with E-state index >= 15 is 0 Å². The average molecular weight is 226 g/mol. The summed E-state index contributed by atoms with van der Waals surface area (Å²) in [6.07, 6.45) is 1.27. The van der Waals surface area contributed by atoms with Crippen LogP contribution in [0.15, 0.2) is 0 Å². The van der Waals surface area contributed by atoms with Gasteiger partial charge in [0.05, 0.1) is 0 Å². The Bertz CT molecular complexity index is 320. The highest BCUT2D eigenvalue weighted by Crippen LogP contribution is 2.39. The van der Waals surface area contributed by atoms with Crippen LogP contribution >= 0.6 is 0 Å². The van der Waals surface area contributed by atoms with E-state index < -0.39 is 5.66 Å². The van der Waals surface area contributed by atoms with E-state index in [0.29, 0.717) is 0 Å². The minimum atomic E-state index is -0.656. The van der Waals surface area contributed by atoms with E-state index in [-0.39, 0.29) is 23.6 Å². The van der Waals surface area contributed by atoms with E-state index in [4.69, 9.17) is 0 Å². The molecule has 0 atom stereocenters. The smallest absolute Gasteiger partial charge is 0.317 e. The fourth-order valence-corrected chi connectivity index (χ4v) is 2.54. The first kappa shape index (κ1) is 11.0. The molecule has 6 nitrogen and oxygen atoms in total. The maximum atomic E-state index is 11.5. The van der Waals surface area contributed by atoms with Gasteiger partial charge in [-0.1, -0.05) is 27.2 Å². The Morgan fingerprint density at radius 2 is 1.62 bits per heavy atom. The summed E-state index contributed by atoms with van der Waals surface area (Å²) in [6.45, 7) is 6.07. The third kappa shape index (κ3) is 1.32. The summed E-state index contributed by atoms with van der Waals surface area (Å²) < 4.78 is 0. The highest BCUT2D eigenvalue weighted by atomic mass is 16.2. The molecule has 0 aromatic heterocycles. The molecule has 0 unspecified atom stereocenters. The lowest BCUT2D eigenvalue weighted by Gasteiger charge is -2.57. The molecule has 0 aliphatic carbocycles. The molecule has 90 valence electrons. The van der Waals surface area contributed by atoms with Gasteiger partial charge in [0.15, 0.2) is 0 Å². The van der Waals surface area contributed by atoms with E-state index in [1.165, 1.54) is 0 Å². The van der Waals surface area contributed by atoms with Crippen molar-refractivity contribution in [3.8, 4) is 0 Å². The third-order valence-electron chi connectivity index (χ3n) is 3.65. The molecule has 2 aliphatic rings. The summed E-state index contributed by atoms with van der Waals surface area (Å²) >= 11 is 0. The molecular weight excluding hydrogens is 208 g/mol. The molecule has 4 N–H and O–H groups in total. The number of nitrogens with one attached hydrogen (secondary N) is 4. The standard InChI is InChI=1S/C10H18N4O2/c1-4-5-10-9(2,3)6(11-7(15)13-10)12-8(16)14-10/h6H,4-5H2,1-3H3,(H2,11,13,15)(H2,12,14,16). The number of hydrogen-bond acceptors (Lipinski definition) is 2. The van der Waals surface area contributed by atoms with Crippen molar-refractivity contribution in [3.05, 3.63) is 0 Å². The normalized spacial score (nSPS) is 35.6. The van der Waals surface area contributed by atoms with Crippen LogP contribution in [-0.4, -0.2) is 23.9 Å². The molecule has 2 fully saturated rings. The molecule has 0 aromatic carbocycles. The summed E-state index contributed by atoms with van der Waals surface area (Å²) in [6, 6.07) is -0.490. The van der Waals surface area contributed by atoms with Gasteiger partial charge >= 0.3 is 12.1 Å². The summed E-state index contributed by atoms with van der Waals surface area (Å²) in [5.74, 6) is 0. The fraction of sp³-hybridized carbons (Fsp3) is 0.800. The summed E-state index contributed by atoms with van der Waals surface area (Å²) in [4.78, 5) is 23.1. The number of hydrogen-bond donors (Lipinski definition) is 4. The van der Waals surface area contributed by atoms with Crippen molar-refractivity contribution in [2.45, 2.75) is 45.4 Å². The van der Waals surface area contributed by atoms with Gasteiger partial charge in [-0.05, 0) is 6.42 Å². The quantitative estimate of drug-likeness (QED) is 0.551. The zero-order chi connectivity index (χ0) is 12.0. The van der Waals surface area contributed by atoms with E-state index in [1.54, 1.807) is 0 Å². The monoisotopic (exact) mass is 226 g/mol. The van der Waals surface area contributed by atoms with Crippen LogP contribution in [0.2, 0.25) is 0 Å². The molecule has 2 bridgehead atoms. The van der Waals surface area contributed by atoms with Crippen LogP contribution in [0.5, 0.6) is 0 Å².